The monoisotopic (exact) mass is 370 g/mol. The normalized spacial score (nSPS) is 12.9. The molecule has 0 saturated carbocycles. The summed E-state index contributed by atoms with van der Waals surface area (Å²) >= 11 is 6.81. The molecule has 1 unspecified atom stereocenters. The summed E-state index contributed by atoms with van der Waals surface area (Å²) in [5.74, 6) is 5.48. The summed E-state index contributed by atoms with van der Waals surface area (Å²) in [5.41, 5.74) is 2.86. The molecule has 3 N–H and O–H groups in total. The molecule has 0 aliphatic heterocycles. The van der Waals surface area contributed by atoms with Crippen LogP contribution < -0.4 is 11.3 Å². The summed E-state index contributed by atoms with van der Waals surface area (Å²) in [5, 5.41) is 0.928. The summed E-state index contributed by atoms with van der Waals surface area (Å²) < 4.78 is 15.4. The van der Waals surface area contributed by atoms with Crippen LogP contribution in [-0.4, -0.2) is 0 Å². The molecule has 0 radical (unpaired) electrons. The van der Waals surface area contributed by atoms with Gasteiger partial charge in [-0.05, 0) is 57.7 Å². The Labute approximate surface area is 132 Å². The van der Waals surface area contributed by atoms with Crippen molar-refractivity contribution in [1.29, 1.82) is 0 Å². The molecule has 1 aromatic carbocycles. The summed E-state index contributed by atoms with van der Waals surface area (Å²) in [7, 11) is 0. The highest BCUT2D eigenvalue weighted by atomic mass is 79.9. The molecule has 0 bridgehead atoms. The maximum absolute atomic E-state index is 13.2. The van der Waals surface area contributed by atoms with E-state index in [1.807, 2.05) is 18.2 Å². The molecule has 0 aliphatic rings. The van der Waals surface area contributed by atoms with Gasteiger partial charge in [-0.15, -0.1) is 22.7 Å². The summed E-state index contributed by atoms with van der Waals surface area (Å²) in [6.45, 7) is 0. The number of benzene rings is 1. The Balaban J connectivity index is 1.90. The highest BCUT2D eigenvalue weighted by molar-refractivity contribution is 9.11. The van der Waals surface area contributed by atoms with E-state index in [-0.39, 0.29) is 11.9 Å². The van der Waals surface area contributed by atoms with Crippen molar-refractivity contribution in [3.05, 3.63) is 55.8 Å². The van der Waals surface area contributed by atoms with Gasteiger partial charge in [0.25, 0.3) is 0 Å². The number of thiophene rings is 2. The molecule has 104 valence electrons. The fourth-order valence-electron chi connectivity index (χ4n) is 2.11. The lowest BCUT2D eigenvalue weighted by Crippen LogP contribution is -2.28. The van der Waals surface area contributed by atoms with Crippen LogP contribution in [0.1, 0.15) is 15.8 Å². The van der Waals surface area contributed by atoms with Crippen LogP contribution in [0.2, 0.25) is 0 Å². The molecule has 2 heterocycles. The third-order valence-electron chi connectivity index (χ3n) is 3.08. The van der Waals surface area contributed by atoms with Gasteiger partial charge in [0, 0.05) is 20.9 Å². The third kappa shape index (κ3) is 2.94. The highest BCUT2D eigenvalue weighted by Gasteiger charge is 2.15. The van der Waals surface area contributed by atoms with E-state index in [2.05, 4.69) is 27.4 Å². The van der Waals surface area contributed by atoms with Crippen LogP contribution in [0.15, 0.2) is 40.2 Å². The topological polar surface area (TPSA) is 38.0 Å². The standard InChI is InChI=1S/C14H12BrFN2S2/c15-14-4-2-10(19-14)7-11(18-17)13-6-8-5-9(16)1-3-12(8)20-13/h1-6,11,18H,7,17H2. The Morgan fingerprint density at radius 2 is 2.05 bits per heavy atom. The fraction of sp³-hybridized carbons (Fsp3) is 0.143. The lowest BCUT2D eigenvalue weighted by atomic mass is 10.1. The van der Waals surface area contributed by atoms with E-state index in [0.29, 0.717) is 0 Å². The van der Waals surface area contributed by atoms with Gasteiger partial charge >= 0.3 is 0 Å². The second kappa shape index (κ2) is 5.91. The minimum atomic E-state index is -0.207. The molecule has 0 aliphatic carbocycles. The molecule has 3 rings (SSSR count). The van der Waals surface area contributed by atoms with E-state index >= 15 is 0 Å². The predicted molar refractivity (Wildman–Crippen MR) is 87.6 cm³/mol. The number of fused-ring (bicyclic) bond motifs is 1. The fourth-order valence-corrected chi connectivity index (χ4v) is 4.74. The van der Waals surface area contributed by atoms with Crippen LogP contribution in [0.5, 0.6) is 0 Å². The molecule has 0 saturated heterocycles. The number of nitrogens with two attached hydrogens (primary N) is 1. The zero-order valence-electron chi connectivity index (χ0n) is 10.4. The lowest BCUT2D eigenvalue weighted by Gasteiger charge is -2.12. The van der Waals surface area contributed by atoms with Crippen LogP contribution in [0.3, 0.4) is 0 Å². The maximum atomic E-state index is 13.2. The maximum Gasteiger partial charge on any atom is 0.123 e. The lowest BCUT2D eigenvalue weighted by molar-refractivity contribution is 0.564. The Morgan fingerprint density at radius 3 is 2.75 bits per heavy atom. The molecule has 0 spiro atoms. The van der Waals surface area contributed by atoms with Gasteiger partial charge in [0.2, 0.25) is 0 Å². The summed E-state index contributed by atoms with van der Waals surface area (Å²) in [6, 6.07) is 11.0. The number of halogens is 2. The van der Waals surface area contributed by atoms with Crippen molar-refractivity contribution in [1.82, 2.24) is 5.43 Å². The molecule has 3 aromatic rings. The number of nitrogens with one attached hydrogen (secondary N) is 1. The van der Waals surface area contributed by atoms with E-state index in [1.165, 1.54) is 10.9 Å². The van der Waals surface area contributed by atoms with E-state index in [4.69, 9.17) is 5.84 Å². The molecule has 6 heteroatoms. The Kier molecular flexibility index (Phi) is 4.18. The molecule has 0 fully saturated rings. The van der Waals surface area contributed by atoms with Gasteiger partial charge in [-0.1, -0.05) is 0 Å². The SMILES string of the molecule is NNC(Cc1ccc(Br)s1)c1cc2cc(F)ccc2s1. The van der Waals surface area contributed by atoms with E-state index in [1.54, 1.807) is 28.7 Å². The smallest absolute Gasteiger partial charge is 0.123 e. The zero-order valence-corrected chi connectivity index (χ0v) is 13.6. The van der Waals surface area contributed by atoms with Gasteiger partial charge in [-0.3, -0.25) is 11.3 Å². The minimum absolute atomic E-state index is 0.0426. The van der Waals surface area contributed by atoms with Crippen molar-refractivity contribution in [3.63, 3.8) is 0 Å². The van der Waals surface area contributed by atoms with Crippen molar-refractivity contribution < 1.29 is 4.39 Å². The zero-order chi connectivity index (χ0) is 14.1. The Morgan fingerprint density at radius 1 is 1.20 bits per heavy atom. The molecule has 20 heavy (non-hydrogen) atoms. The van der Waals surface area contributed by atoms with E-state index in [9.17, 15) is 4.39 Å². The largest absolute Gasteiger partial charge is 0.271 e. The first-order valence-electron chi connectivity index (χ1n) is 6.05. The van der Waals surface area contributed by atoms with Gasteiger partial charge in [-0.2, -0.15) is 0 Å². The van der Waals surface area contributed by atoms with Crippen molar-refractivity contribution in [2.45, 2.75) is 12.5 Å². The number of hydrazine groups is 1. The molecule has 2 nitrogen and oxygen atoms in total. The van der Waals surface area contributed by atoms with Crippen molar-refractivity contribution >= 4 is 48.7 Å². The van der Waals surface area contributed by atoms with Gasteiger partial charge in [0.05, 0.1) is 9.83 Å². The second-order valence-corrected chi connectivity index (χ2v) is 8.12. The summed E-state index contributed by atoms with van der Waals surface area (Å²) in [4.78, 5) is 2.38. The van der Waals surface area contributed by atoms with Gasteiger partial charge < -0.3 is 0 Å². The first-order chi connectivity index (χ1) is 9.65. The molecule has 0 amide bonds. The molecule has 2 aromatic heterocycles. The van der Waals surface area contributed by atoms with E-state index < -0.39 is 0 Å². The highest BCUT2D eigenvalue weighted by Crippen LogP contribution is 2.33. The van der Waals surface area contributed by atoms with E-state index in [0.717, 1.165) is 25.2 Å². The molecular formula is C14H12BrFN2S2. The van der Waals surface area contributed by atoms with Crippen molar-refractivity contribution in [2.75, 3.05) is 0 Å². The molecule has 1 atom stereocenters. The quantitative estimate of drug-likeness (QED) is 0.519. The first-order valence-corrected chi connectivity index (χ1v) is 8.47. The Hall–Kier alpha value is -0.790. The number of rotatable bonds is 4. The van der Waals surface area contributed by atoms with Crippen LogP contribution in [0.4, 0.5) is 4.39 Å². The van der Waals surface area contributed by atoms with Gasteiger partial charge in [0.1, 0.15) is 5.82 Å². The molecular weight excluding hydrogens is 359 g/mol. The minimum Gasteiger partial charge on any atom is -0.271 e. The van der Waals surface area contributed by atoms with Crippen LogP contribution in [-0.2, 0) is 6.42 Å². The van der Waals surface area contributed by atoms with Crippen molar-refractivity contribution in [3.8, 4) is 0 Å². The van der Waals surface area contributed by atoms with Crippen LogP contribution >= 0.6 is 38.6 Å². The first kappa shape index (κ1) is 14.2. The van der Waals surface area contributed by atoms with Crippen LogP contribution in [0.25, 0.3) is 10.1 Å². The second-order valence-electron chi connectivity index (χ2n) is 4.46. The van der Waals surface area contributed by atoms with Gasteiger partial charge in [0.15, 0.2) is 0 Å². The Bertz CT molecular complexity index is 738. The third-order valence-corrected chi connectivity index (χ3v) is 5.95. The average Bonchev–Trinajstić information content (AvgIpc) is 3.01. The summed E-state index contributed by atoms with van der Waals surface area (Å²) in [6.07, 6.45) is 0.821. The van der Waals surface area contributed by atoms with Gasteiger partial charge in [-0.25, -0.2) is 4.39 Å². The van der Waals surface area contributed by atoms with Crippen molar-refractivity contribution in [2.24, 2.45) is 5.84 Å². The number of hydrogen-bond acceptors (Lipinski definition) is 4. The number of hydrogen-bond donors (Lipinski definition) is 2. The van der Waals surface area contributed by atoms with Crippen LogP contribution in [0, 0.1) is 5.82 Å². The predicted octanol–water partition coefficient (Wildman–Crippen LogP) is 4.61. The average molecular weight is 371 g/mol.